The number of hydrogen-bond donors (Lipinski definition) is 2. The van der Waals surface area contributed by atoms with E-state index in [-0.39, 0.29) is 5.91 Å². The molecular weight excluding hydrogens is 266 g/mol. The summed E-state index contributed by atoms with van der Waals surface area (Å²) in [5, 5.41) is 9.79. The normalized spacial score (nSPS) is 10.7. The fraction of sp³-hybridized carbons (Fsp3) is 0.375. The summed E-state index contributed by atoms with van der Waals surface area (Å²) in [6.07, 6.45) is 0.719. The third-order valence-corrected chi connectivity index (χ3v) is 3.32. The lowest BCUT2D eigenvalue weighted by Crippen LogP contribution is -2.26. The molecule has 1 aromatic carbocycles. The van der Waals surface area contributed by atoms with Gasteiger partial charge in [0.05, 0.1) is 7.11 Å². The highest BCUT2D eigenvalue weighted by molar-refractivity contribution is 5.92. The molecule has 0 fully saturated rings. The number of nitrogens with one attached hydrogen (secondary N) is 2. The molecule has 112 valence electrons. The van der Waals surface area contributed by atoms with E-state index in [2.05, 4.69) is 29.4 Å². The number of ether oxygens (including phenoxy) is 1. The Hall–Kier alpha value is -2.30. The SMILES string of the molecule is COc1ccccc1CCNC(=O)c1cc(C(C)C)[nH]n1. The molecule has 0 aliphatic carbocycles. The second-order valence-electron chi connectivity index (χ2n) is 5.18. The average Bonchev–Trinajstić information content (AvgIpc) is 2.98. The standard InChI is InChI=1S/C16H21N3O2/c1-11(2)13-10-14(19-18-13)16(20)17-9-8-12-6-4-5-7-15(12)21-3/h4-7,10-11H,8-9H2,1-3H3,(H,17,20)(H,18,19). The van der Waals surface area contributed by atoms with Gasteiger partial charge in [-0.1, -0.05) is 32.0 Å². The van der Waals surface area contributed by atoms with E-state index in [1.54, 1.807) is 13.2 Å². The van der Waals surface area contributed by atoms with Crippen molar-refractivity contribution in [1.29, 1.82) is 0 Å². The minimum atomic E-state index is -0.159. The van der Waals surface area contributed by atoms with Gasteiger partial charge >= 0.3 is 0 Å². The number of carbonyl (C=O) groups excluding carboxylic acids is 1. The van der Waals surface area contributed by atoms with Crippen LogP contribution < -0.4 is 10.1 Å². The van der Waals surface area contributed by atoms with Gasteiger partial charge in [0.1, 0.15) is 11.4 Å². The van der Waals surface area contributed by atoms with Crippen LogP contribution in [0.2, 0.25) is 0 Å². The number of rotatable bonds is 6. The first kappa shape index (κ1) is 15.1. The molecule has 0 spiro atoms. The Balaban J connectivity index is 1.89. The Kier molecular flexibility index (Phi) is 4.98. The fourth-order valence-electron chi connectivity index (χ4n) is 2.06. The van der Waals surface area contributed by atoms with E-state index in [0.29, 0.717) is 18.2 Å². The van der Waals surface area contributed by atoms with Crippen molar-refractivity contribution >= 4 is 5.91 Å². The number of carbonyl (C=O) groups is 1. The first-order chi connectivity index (χ1) is 10.1. The highest BCUT2D eigenvalue weighted by Gasteiger charge is 2.11. The molecule has 1 amide bonds. The Bertz CT molecular complexity index is 605. The quantitative estimate of drug-likeness (QED) is 0.858. The van der Waals surface area contributed by atoms with Gasteiger partial charge in [-0.05, 0) is 30.0 Å². The van der Waals surface area contributed by atoms with Gasteiger partial charge in [0, 0.05) is 12.2 Å². The summed E-state index contributed by atoms with van der Waals surface area (Å²) < 4.78 is 5.29. The van der Waals surface area contributed by atoms with Crippen LogP contribution in [0, 0.1) is 0 Å². The average molecular weight is 287 g/mol. The smallest absolute Gasteiger partial charge is 0.271 e. The molecule has 0 atom stereocenters. The number of nitrogens with zero attached hydrogens (tertiary/aromatic N) is 1. The summed E-state index contributed by atoms with van der Waals surface area (Å²) in [5.74, 6) is 1.01. The van der Waals surface area contributed by atoms with Gasteiger partial charge in [-0.25, -0.2) is 0 Å². The molecule has 2 rings (SSSR count). The van der Waals surface area contributed by atoms with Gasteiger partial charge < -0.3 is 10.1 Å². The monoisotopic (exact) mass is 287 g/mol. The van der Waals surface area contributed by atoms with Gasteiger partial charge in [0.2, 0.25) is 0 Å². The summed E-state index contributed by atoms with van der Waals surface area (Å²) >= 11 is 0. The topological polar surface area (TPSA) is 67.0 Å². The van der Waals surface area contributed by atoms with Crippen molar-refractivity contribution in [2.45, 2.75) is 26.2 Å². The fourth-order valence-corrected chi connectivity index (χ4v) is 2.06. The Labute approximate surface area is 124 Å². The van der Waals surface area contributed by atoms with E-state index in [1.807, 2.05) is 24.3 Å². The molecule has 5 heteroatoms. The molecule has 21 heavy (non-hydrogen) atoms. The van der Waals surface area contributed by atoms with Crippen LogP contribution in [0.3, 0.4) is 0 Å². The lowest BCUT2D eigenvalue weighted by molar-refractivity contribution is 0.0949. The number of aromatic amines is 1. The van der Waals surface area contributed by atoms with Gasteiger partial charge in [0.15, 0.2) is 0 Å². The highest BCUT2D eigenvalue weighted by Crippen LogP contribution is 2.17. The molecule has 0 radical (unpaired) electrons. The van der Waals surface area contributed by atoms with Crippen molar-refractivity contribution in [3.05, 3.63) is 47.3 Å². The van der Waals surface area contributed by atoms with Crippen LogP contribution in [-0.4, -0.2) is 29.8 Å². The third kappa shape index (κ3) is 3.84. The van der Waals surface area contributed by atoms with E-state index >= 15 is 0 Å². The number of para-hydroxylation sites is 1. The van der Waals surface area contributed by atoms with Crippen molar-refractivity contribution < 1.29 is 9.53 Å². The van der Waals surface area contributed by atoms with E-state index in [0.717, 1.165) is 23.4 Å². The zero-order valence-corrected chi connectivity index (χ0v) is 12.6. The molecule has 1 heterocycles. The predicted molar refractivity (Wildman–Crippen MR) is 81.7 cm³/mol. The van der Waals surface area contributed by atoms with E-state index < -0.39 is 0 Å². The molecular formula is C16H21N3O2. The number of amides is 1. The van der Waals surface area contributed by atoms with Crippen molar-refractivity contribution in [3.63, 3.8) is 0 Å². The van der Waals surface area contributed by atoms with Gasteiger partial charge in [-0.15, -0.1) is 0 Å². The minimum absolute atomic E-state index is 0.159. The number of methoxy groups -OCH3 is 1. The van der Waals surface area contributed by atoms with Crippen LogP contribution in [0.25, 0.3) is 0 Å². The van der Waals surface area contributed by atoms with Gasteiger partial charge in [-0.2, -0.15) is 5.10 Å². The second-order valence-corrected chi connectivity index (χ2v) is 5.18. The number of aromatic nitrogens is 2. The highest BCUT2D eigenvalue weighted by atomic mass is 16.5. The summed E-state index contributed by atoms with van der Waals surface area (Å²) in [6, 6.07) is 9.60. The summed E-state index contributed by atoms with van der Waals surface area (Å²) in [5.41, 5.74) is 2.47. The van der Waals surface area contributed by atoms with Crippen LogP contribution in [0.15, 0.2) is 30.3 Å². The van der Waals surface area contributed by atoms with Crippen molar-refractivity contribution in [3.8, 4) is 5.75 Å². The Morgan fingerprint density at radius 3 is 2.81 bits per heavy atom. The van der Waals surface area contributed by atoms with E-state index in [4.69, 9.17) is 4.74 Å². The molecule has 2 aromatic rings. The zero-order valence-electron chi connectivity index (χ0n) is 12.6. The molecule has 5 nitrogen and oxygen atoms in total. The van der Waals surface area contributed by atoms with Crippen LogP contribution in [0.5, 0.6) is 5.75 Å². The molecule has 0 aliphatic heterocycles. The molecule has 0 unspecified atom stereocenters. The number of H-pyrrole nitrogens is 1. The first-order valence-electron chi connectivity index (χ1n) is 7.07. The Morgan fingerprint density at radius 1 is 1.38 bits per heavy atom. The van der Waals surface area contributed by atoms with Crippen LogP contribution in [0.1, 0.15) is 41.5 Å². The maximum Gasteiger partial charge on any atom is 0.271 e. The minimum Gasteiger partial charge on any atom is -0.496 e. The maximum absolute atomic E-state index is 12.0. The van der Waals surface area contributed by atoms with Crippen molar-refractivity contribution in [2.24, 2.45) is 0 Å². The van der Waals surface area contributed by atoms with Crippen LogP contribution in [0.4, 0.5) is 0 Å². The zero-order chi connectivity index (χ0) is 15.2. The lowest BCUT2D eigenvalue weighted by atomic mass is 10.1. The second kappa shape index (κ2) is 6.92. The third-order valence-electron chi connectivity index (χ3n) is 3.32. The van der Waals surface area contributed by atoms with E-state index in [9.17, 15) is 4.79 Å². The summed E-state index contributed by atoms with van der Waals surface area (Å²) in [4.78, 5) is 12.0. The summed E-state index contributed by atoms with van der Waals surface area (Å²) in [7, 11) is 1.65. The molecule has 0 bridgehead atoms. The van der Waals surface area contributed by atoms with Gasteiger partial charge in [0.25, 0.3) is 5.91 Å². The molecule has 0 saturated carbocycles. The lowest BCUT2D eigenvalue weighted by Gasteiger charge is -2.08. The Morgan fingerprint density at radius 2 is 2.14 bits per heavy atom. The summed E-state index contributed by atoms with van der Waals surface area (Å²) in [6.45, 7) is 4.65. The van der Waals surface area contributed by atoms with Crippen molar-refractivity contribution in [1.82, 2.24) is 15.5 Å². The molecule has 2 N–H and O–H groups in total. The first-order valence-corrected chi connectivity index (χ1v) is 7.07. The molecule has 0 aliphatic rings. The largest absolute Gasteiger partial charge is 0.496 e. The predicted octanol–water partition coefficient (Wildman–Crippen LogP) is 2.51. The molecule has 1 aromatic heterocycles. The van der Waals surface area contributed by atoms with Crippen LogP contribution >= 0.6 is 0 Å². The van der Waals surface area contributed by atoms with Crippen molar-refractivity contribution in [2.75, 3.05) is 13.7 Å². The van der Waals surface area contributed by atoms with Gasteiger partial charge in [-0.3, -0.25) is 9.89 Å². The van der Waals surface area contributed by atoms with Crippen LogP contribution in [-0.2, 0) is 6.42 Å². The molecule has 0 saturated heterocycles. The maximum atomic E-state index is 12.0. The number of benzene rings is 1. The number of hydrogen-bond acceptors (Lipinski definition) is 3. The van der Waals surface area contributed by atoms with E-state index in [1.165, 1.54) is 0 Å².